The van der Waals surface area contributed by atoms with Crippen molar-refractivity contribution in [1.82, 2.24) is 18.9 Å². The molecule has 0 saturated carbocycles. The Hall–Kier alpha value is -3.73. The largest absolute Gasteiger partial charge is 0.323 e. The molecule has 0 spiro atoms. The van der Waals surface area contributed by atoms with E-state index in [1.165, 1.54) is 0 Å². The average Bonchev–Trinajstić information content (AvgIpc) is 3.18. The molecule has 0 unspecified atom stereocenters. The zero-order valence-corrected chi connectivity index (χ0v) is 14.5. The van der Waals surface area contributed by atoms with Gasteiger partial charge in [0.1, 0.15) is 0 Å². The smallest absolute Gasteiger partial charge is 0.261 e. The van der Waals surface area contributed by atoms with Crippen molar-refractivity contribution in [3.8, 4) is 11.1 Å². The van der Waals surface area contributed by atoms with Crippen LogP contribution < -0.4 is 5.56 Å². The lowest BCUT2D eigenvalue weighted by Crippen LogP contribution is -2.21. The molecule has 0 aliphatic heterocycles. The molecule has 0 atom stereocenters. The Labute approximate surface area is 155 Å². The Bertz CT molecular complexity index is 1330. The SMILES string of the molecule is O=c1c2ccncc2ncn1Cc1cccc(-c2ccc3cccn3c2)c1. The predicted molar refractivity (Wildman–Crippen MR) is 106 cm³/mol. The van der Waals surface area contributed by atoms with E-state index >= 15 is 0 Å². The van der Waals surface area contributed by atoms with E-state index in [0.29, 0.717) is 17.4 Å². The van der Waals surface area contributed by atoms with E-state index < -0.39 is 0 Å². The molecule has 0 aliphatic rings. The lowest BCUT2D eigenvalue weighted by atomic mass is 10.0. The van der Waals surface area contributed by atoms with Crippen LogP contribution in [0.3, 0.4) is 0 Å². The molecule has 0 bridgehead atoms. The molecule has 1 aromatic carbocycles. The number of nitrogens with zero attached hydrogens (tertiary/aromatic N) is 4. The fourth-order valence-electron chi connectivity index (χ4n) is 3.37. The van der Waals surface area contributed by atoms with Crippen molar-refractivity contribution >= 4 is 16.4 Å². The van der Waals surface area contributed by atoms with Crippen molar-refractivity contribution in [2.24, 2.45) is 0 Å². The molecular weight excluding hydrogens is 336 g/mol. The van der Waals surface area contributed by atoms with Crippen molar-refractivity contribution in [3.05, 3.63) is 102 Å². The van der Waals surface area contributed by atoms with Crippen molar-refractivity contribution in [1.29, 1.82) is 0 Å². The van der Waals surface area contributed by atoms with Gasteiger partial charge >= 0.3 is 0 Å². The van der Waals surface area contributed by atoms with Gasteiger partial charge < -0.3 is 4.40 Å². The highest BCUT2D eigenvalue weighted by molar-refractivity contribution is 5.75. The topological polar surface area (TPSA) is 52.2 Å². The van der Waals surface area contributed by atoms with Crippen molar-refractivity contribution in [2.45, 2.75) is 6.54 Å². The molecule has 0 N–H and O–H groups in total. The number of hydrogen-bond donors (Lipinski definition) is 0. The van der Waals surface area contributed by atoms with Crippen LogP contribution in [0, 0.1) is 0 Å². The third-order valence-electron chi connectivity index (χ3n) is 4.76. The second-order valence-electron chi connectivity index (χ2n) is 6.53. The molecule has 0 amide bonds. The molecule has 0 saturated heterocycles. The standard InChI is InChI=1S/C22H16N4O/c27-22-20-8-9-23-12-21(20)24-15-26(22)13-16-3-1-4-17(11-16)18-6-7-19-5-2-10-25(19)14-18/h1-12,14-15H,13H2. The summed E-state index contributed by atoms with van der Waals surface area (Å²) in [5.41, 5.74) is 5.04. The van der Waals surface area contributed by atoms with E-state index in [9.17, 15) is 4.79 Å². The van der Waals surface area contributed by atoms with Gasteiger partial charge in [0.05, 0.1) is 30.0 Å². The quantitative estimate of drug-likeness (QED) is 0.497. The Kier molecular flexibility index (Phi) is 3.57. The number of rotatable bonds is 3. The predicted octanol–water partition coefficient (Wildman–Crippen LogP) is 3.76. The Morgan fingerprint density at radius 1 is 0.963 bits per heavy atom. The molecule has 5 aromatic rings. The van der Waals surface area contributed by atoms with Gasteiger partial charge in [0.15, 0.2) is 0 Å². The summed E-state index contributed by atoms with van der Waals surface area (Å²) in [7, 11) is 0. The lowest BCUT2D eigenvalue weighted by Gasteiger charge is -2.09. The maximum Gasteiger partial charge on any atom is 0.261 e. The number of hydrogen-bond acceptors (Lipinski definition) is 3. The first kappa shape index (κ1) is 15.5. The summed E-state index contributed by atoms with van der Waals surface area (Å²) in [6, 6.07) is 18.3. The van der Waals surface area contributed by atoms with E-state index in [2.05, 4.69) is 50.9 Å². The summed E-state index contributed by atoms with van der Waals surface area (Å²) < 4.78 is 3.74. The van der Waals surface area contributed by atoms with Gasteiger partial charge in [-0.05, 0) is 47.0 Å². The van der Waals surface area contributed by atoms with E-state index in [4.69, 9.17) is 0 Å². The first-order chi connectivity index (χ1) is 13.3. The summed E-state index contributed by atoms with van der Waals surface area (Å²) in [4.78, 5) is 21.1. The van der Waals surface area contributed by atoms with Gasteiger partial charge in [0.25, 0.3) is 5.56 Å². The van der Waals surface area contributed by atoms with Crippen LogP contribution >= 0.6 is 0 Å². The second kappa shape index (κ2) is 6.21. The van der Waals surface area contributed by atoms with E-state index in [-0.39, 0.29) is 5.56 Å². The molecule has 5 rings (SSSR count). The van der Waals surface area contributed by atoms with Gasteiger partial charge in [0, 0.05) is 24.1 Å². The van der Waals surface area contributed by atoms with Gasteiger partial charge in [-0.1, -0.05) is 24.3 Å². The highest BCUT2D eigenvalue weighted by Crippen LogP contribution is 2.22. The molecule has 0 aliphatic carbocycles. The normalized spacial score (nSPS) is 11.3. The van der Waals surface area contributed by atoms with Crippen LogP contribution in [0.25, 0.3) is 27.5 Å². The number of aromatic nitrogens is 4. The Morgan fingerprint density at radius 2 is 1.93 bits per heavy atom. The van der Waals surface area contributed by atoms with Crippen molar-refractivity contribution in [2.75, 3.05) is 0 Å². The number of fused-ring (bicyclic) bond motifs is 2. The zero-order valence-electron chi connectivity index (χ0n) is 14.5. The average molecular weight is 352 g/mol. The maximum absolute atomic E-state index is 12.7. The van der Waals surface area contributed by atoms with Crippen LogP contribution in [0.15, 0.2) is 90.5 Å². The number of benzene rings is 1. The summed E-state index contributed by atoms with van der Waals surface area (Å²) in [5, 5.41) is 0.585. The number of pyridine rings is 2. The highest BCUT2D eigenvalue weighted by atomic mass is 16.1. The van der Waals surface area contributed by atoms with Crippen LogP contribution in [-0.2, 0) is 6.54 Å². The summed E-state index contributed by atoms with van der Waals surface area (Å²) >= 11 is 0. The van der Waals surface area contributed by atoms with Gasteiger partial charge in [-0.2, -0.15) is 0 Å². The molecule has 27 heavy (non-hydrogen) atoms. The minimum Gasteiger partial charge on any atom is -0.323 e. The summed E-state index contributed by atoms with van der Waals surface area (Å²) in [6.07, 6.45) is 8.97. The van der Waals surface area contributed by atoms with E-state index in [1.54, 1.807) is 29.4 Å². The highest BCUT2D eigenvalue weighted by Gasteiger charge is 2.06. The van der Waals surface area contributed by atoms with Crippen molar-refractivity contribution < 1.29 is 0 Å². The molecule has 5 nitrogen and oxygen atoms in total. The van der Waals surface area contributed by atoms with Crippen LogP contribution in [-0.4, -0.2) is 18.9 Å². The first-order valence-corrected chi connectivity index (χ1v) is 8.73. The molecular formula is C22H16N4O. The third kappa shape index (κ3) is 2.79. The van der Waals surface area contributed by atoms with Crippen molar-refractivity contribution in [3.63, 3.8) is 0 Å². The monoisotopic (exact) mass is 352 g/mol. The minimum atomic E-state index is -0.0541. The molecule has 130 valence electrons. The third-order valence-corrected chi connectivity index (χ3v) is 4.76. The summed E-state index contributed by atoms with van der Waals surface area (Å²) in [6.45, 7) is 0.476. The van der Waals surface area contributed by atoms with Crippen LogP contribution in [0.5, 0.6) is 0 Å². The fourth-order valence-corrected chi connectivity index (χ4v) is 3.37. The Balaban J connectivity index is 1.52. The minimum absolute atomic E-state index is 0.0541. The second-order valence-corrected chi connectivity index (χ2v) is 6.53. The van der Waals surface area contributed by atoms with Crippen LogP contribution in [0.2, 0.25) is 0 Å². The van der Waals surface area contributed by atoms with Gasteiger partial charge in [-0.3, -0.25) is 14.3 Å². The first-order valence-electron chi connectivity index (χ1n) is 8.73. The molecule has 4 aromatic heterocycles. The van der Waals surface area contributed by atoms with E-state index in [0.717, 1.165) is 22.2 Å². The molecule has 0 radical (unpaired) electrons. The Morgan fingerprint density at radius 3 is 2.89 bits per heavy atom. The fraction of sp³-hybridized carbons (Fsp3) is 0.0455. The maximum atomic E-state index is 12.7. The van der Waals surface area contributed by atoms with E-state index in [1.807, 2.05) is 24.4 Å². The van der Waals surface area contributed by atoms with Crippen LogP contribution in [0.1, 0.15) is 5.56 Å². The zero-order chi connectivity index (χ0) is 18.2. The van der Waals surface area contributed by atoms with Gasteiger partial charge in [0.2, 0.25) is 0 Å². The molecule has 4 heterocycles. The van der Waals surface area contributed by atoms with Crippen LogP contribution in [0.4, 0.5) is 0 Å². The summed E-state index contributed by atoms with van der Waals surface area (Å²) in [5.74, 6) is 0. The molecule has 5 heteroatoms. The van der Waals surface area contributed by atoms with Gasteiger partial charge in [-0.15, -0.1) is 0 Å². The molecule has 0 fully saturated rings. The lowest BCUT2D eigenvalue weighted by molar-refractivity contribution is 0.748. The van der Waals surface area contributed by atoms with Gasteiger partial charge in [-0.25, -0.2) is 4.98 Å².